The summed E-state index contributed by atoms with van der Waals surface area (Å²) in [5.74, 6) is 0.324. The van der Waals surface area contributed by atoms with Crippen LogP contribution in [0.1, 0.15) is 48.8 Å². The third kappa shape index (κ3) is 3.00. The summed E-state index contributed by atoms with van der Waals surface area (Å²) in [6.45, 7) is 5.72. The molecule has 5 nitrogen and oxygen atoms in total. The van der Waals surface area contributed by atoms with Gasteiger partial charge in [-0.3, -0.25) is 9.89 Å². The van der Waals surface area contributed by atoms with Gasteiger partial charge in [0.05, 0.1) is 10.2 Å². The number of halogens is 1. The lowest BCUT2D eigenvalue weighted by molar-refractivity contribution is 0.0691. The summed E-state index contributed by atoms with van der Waals surface area (Å²) >= 11 is 3.49. The molecular weight excluding hydrogens is 308 g/mol. The fraction of sp³-hybridized carbons (Fsp3) is 0.692. The van der Waals surface area contributed by atoms with Gasteiger partial charge in [-0.1, -0.05) is 13.8 Å². The molecule has 1 unspecified atom stereocenters. The predicted octanol–water partition coefficient (Wildman–Crippen LogP) is 2.12. The van der Waals surface area contributed by atoms with Crippen LogP contribution < -0.4 is 5.32 Å². The highest BCUT2D eigenvalue weighted by Crippen LogP contribution is 2.27. The Balaban J connectivity index is 2.15. The van der Waals surface area contributed by atoms with Crippen molar-refractivity contribution in [2.24, 2.45) is 0 Å². The third-order valence-corrected chi connectivity index (χ3v) is 4.43. The number of aromatic nitrogens is 2. The summed E-state index contributed by atoms with van der Waals surface area (Å²) < 4.78 is 0.805. The number of H-pyrrole nitrogens is 1. The fourth-order valence-electron chi connectivity index (χ4n) is 2.41. The van der Waals surface area contributed by atoms with Gasteiger partial charge >= 0.3 is 0 Å². The van der Waals surface area contributed by atoms with Gasteiger partial charge in [0.25, 0.3) is 5.91 Å². The van der Waals surface area contributed by atoms with Gasteiger partial charge in [0.2, 0.25) is 0 Å². The Morgan fingerprint density at radius 2 is 2.32 bits per heavy atom. The van der Waals surface area contributed by atoms with Gasteiger partial charge in [-0.25, -0.2) is 0 Å². The van der Waals surface area contributed by atoms with Crippen LogP contribution >= 0.6 is 15.9 Å². The van der Waals surface area contributed by atoms with E-state index in [1.54, 1.807) is 0 Å². The molecule has 106 valence electrons. The summed E-state index contributed by atoms with van der Waals surface area (Å²) in [6.07, 6.45) is 2.16. The first kappa shape index (κ1) is 14.5. The number of hydrogen-bond donors (Lipinski definition) is 2. The molecule has 1 atom stereocenters. The number of amides is 1. The summed E-state index contributed by atoms with van der Waals surface area (Å²) in [6, 6.07) is 0.389. The van der Waals surface area contributed by atoms with Crippen LogP contribution in [0.15, 0.2) is 4.47 Å². The molecule has 1 amide bonds. The second-order valence-electron chi connectivity index (χ2n) is 5.33. The molecular formula is C13H21BrN4O. The van der Waals surface area contributed by atoms with Crippen molar-refractivity contribution in [1.82, 2.24) is 20.4 Å². The topological polar surface area (TPSA) is 61.0 Å². The fourth-order valence-corrected chi connectivity index (χ4v) is 3.22. The summed E-state index contributed by atoms with van der Waals surface area (Å²) in [4.78, 5) is 14.4. The largest absolute Gasteiger partial charge is 0.336 e. The molecule has 0 bridgehead atoms. The van der Waals surface area contributed by atoms with Gasteiger partial charge in [-0.2, -0.15) is 5.10 Å². The quantitative estimate of drug-likeness (QED) is 0.893. The van der Waals surface area contributed by atoms with Crippen LogP contribution in [-0.2, 0) is 0 Å². The first-order valence-electron chi connectivity index (χ1n) is 6.74. The predicted molar refractivity (Wildman–Crippen MR) is 78.4 cm³/mol. The van der Waals surface area contributed by atoms with Gasteiger partial charge in [0.15, 0.2) is 5.69 Å². The summed E-state index contributed by atoms with van der Waals surface area (Å²) in [7, 11) is 1.94. The minimum absolute atomic E-state index is 0.00924. The van der Waals surface area contributed by atoms with Crippen molar-refractivity contribution >= 4 is 21.8 Å². The van der Waals surface area contributed by atoms with Crippen LogP contribution in [-0.4, -0.2) is 47.2 Å². The van der Waals surface area contributed by atoms with E-state index in [9.17, 15) is 4.79 Å². The van der Waals surface area contributed by atoms with E-state index >= 15 is 0 Å². The molecule has 1 fully saturated rings. The van der Waals surface area contributed by atoms with Crippen LogP contribution in [0.4, 0.5) is 0 Å². The van der Waals surface area contributed by atoms with Gasteiger partial charge in [-0.15, -0.1) is 0 Å². The first-order valence-corrected chi connectivity index (χ1v) is 7.54. The number of aromatic amines is 1. The standard InChI is InChI=1S/C13H21BrN4O/c1-8(2)11-10(14)12(17-16-11)13(19)18-6-4-5-9(7-18)15-3/h8-9,15H,4-7H2,1-3H3,(H,16,17). The molecule has 0 spiro atoms. The van der Waals surface area contributed by atoms with Crippen LogP contribution in [0.3, 0.4) is 0 Å². The minimum atomic E-state index is 0.00924. The molecule has 1 aliphatic rings. The highest BCUT2D eigenvalue weighted by molar-refractivity contribution is 9.10. The van der Waals surface area contributed by atoms with Crippen molar-refractivity contribution in [3.63, 3.8) is 0 Å². The Morgan fingerprint density at radius 1 is 1.58 bits per heavy atom. The van der Waals surface area contributed by atoms with Crippen molar-refractivity contribution in [2.45, 2.75) is 38.6 Å². The highest BCUT2D eigenvalue weighted by atomic mass is 79.9. The van der Waals surface area contributed by atoms with Crippen LogP contribution in [0, 0.1) is 0 Å². The summed E-state index contributed by atoms with van der Waals surface area (Å²) in [5, 5.41) is 10.4. The molecule has 0 saturated carbocycles. The molecule has 19 heavy (non-hydrogen) atoms. The SMILES string of the molecule is CNC1CCCN(C(=O)c2n[nH]c(C(C)C)c2Br)C1. The van der Waals surface area contributed by atoms with E-state index in [2.05, 4.69) is 45.3 Å². The highest BCUT2D eigenvalue weighted by Gasteiger charge is 2.27. The maximum absolute atomic E-state index is 12.5. The molecule has 0 aromatic carbocycles. The maximum atomic E-state index is 12.5. The van der Waals surface area contributed by atoms with E-state index in [-0.39, 0.29) is 5.91 Å². The number of likely N-dealkylation sites (tertiary alicyclic amines) is 1. The Bertz CT molecular complexity index is 457. The van der Waals surface area contributed by atoms with E-state index in [1.165, 1.54) is 0 Å². The van der Waals surface area contributed by atoms with E-state index < -0.39 is 0 Å². The normalized spacial score (nSPS) is 20.1. The number of hydrogen-bond acceptors (Lipinski definition) is 3. The zero-order valence-electron chi connectivity index (χ0n) is 11.7. The average Bonchev–Trinajstić information content (AvgIpc) is 2.80. The van der Waals surface area contributed by atoms with E-state index in [0.717, 1.165) is 36.1 Å². The van der Waals surface area contributed by atoms with Crippen LogP contribution in [0.2, 0.25) is 0 Å². The second-order valence-corrected chi connectivity index (χ2v) is 6.13. The average molecular weight is 329 g/mol. The van der Waals surface area contributed by atoms with Crippen molar-refractivity contribution in [3.8, 4) is 0 Å². The Morgan fingerprint density at radius 3 is 2.89 bits per heavy atom. The molecule has 2 rings (SSSR count). The van der Waals surface area contributed by atoms with Gasteiger partial charge in [0, 0.05) is 19.1 Å². The Labute approximate surface area is 122 Å². The molecule has 1 aromatic rings. The van der Waals surface area contributed by atoms with Crippen LogP contribution in [0.5, 0.6) is 0 Å². The smallest absolute Gasteiger partial charge is 0.275 e. The van der Waals surface area contributed by atoms with Crippen molar-refractivity contribution in [3.05, 3.63) is 15.9 Å². The zero-order chi connectivity index (χ0) is 14.0. The lowest BCUT2D eigenvalue weighted by atomic mass is 10.1. The molecule has 0 aliphatic carbocycles. The summed E-state index contributed by atoms with van der Waals surface area (Å²) in [5.41, 5.74) is 1.48. The van der Waals surface area contributed by atoms with Crippen molar-refractivity contribution in [1.29, 1.82) is 0 Å². The molecule has 6 heteroatoms. The Kier molecular flexibility index (Phi) is 4.62. The van der Waals surface area contributed by atoms with Gasteiger partial charge in [-0.05, 0) is 41.7 Å². The molecule has 2 heterocycles. The minimum Gasteiger partial charge on any atom is -0.336 e. The van der Waals surface area contributed by atoms with Gasteiger partial charge < -0.3 is 10.2 Å². The number of nitrogens with zero attached hydrogens (tertiary/aromatic N) is 2. The molecule has 2 N–H and O–H groups in total. The Hall–Kier alpha value is -0.880. The number of likely N-dealkylation sites (N-methyl/N-ethyl adjacent to an activating group) is 1. The molecule has 0 radical (unpaired) electrons. The number of carbonyl (C=O) groups is 1. The monoisotopic (exact) mass is 328 g/mol. The zero-order valence-corrected chi connectivity index (χ0v) is 13.2. The van der Waals surface area contributed by atoms with Crippen molar-refractivity contribution in [2.75, 3.05) is 20.1 Å². The maximum Gasteiger partial charge on any atom is 0.275 e. The van der Waals surface area contributed by atoms with Crippen LogP contribution in [0.25, 0.3) is 0 Å². The molecule has 1 aromatic heterocycles. The van der Waals surface area contributed by atoms with E-state index in [0.29, 0.717) is 17.7 Å². The second kappa shape index (κ2) is 6.05. The number of rotatable bonds is 3. The first-order chi connectivity index (χ1) is 9.04. The molecule has 1 aliphatic heterocycles. The van der Waals surface area contributed by atoms with Gasteiger partial charge in [0.1, 0.15) is 0 Å². The lowest BCUT2D eigenvalue weighted by Gasteiger charge is -2.32. The lowest BCUT2D eigenvalue weighted by Crippen LogP contribution is -2.47. The van der Waals surface area contributed by atoms with Crippen molar-refractivity contribution < 1.29 is 4.79 Å². The molecule has 1 saturated heterocycles. The number of piperidine rings is 1. The van der Waals surface area contributed by atoms with E-state index in [4.69, 9.17) is 0 Å². The third-order valence-electron chi connectivity index (χ3n) is 3.63. The van der Waals surface area contributed by atoms with E-state index in [1.807, 2.05) is 11.9 Å². The number of carbonyl (C=O) groups excluding carboxylic acids is 1. The number of nitrogens with one attached hydrogen (secondary N) is 2.